The van der Waals surface area contributed by atoms with Crippen molar-refractivity contribution in [1.82, 2.24) is 5.32 Å². The molecule has 246 valence electrons. The molecule has 4 saturated carbocycles. The Hall–Kier alpha value is -4.03. The number of nitro benzene ring substituents is 1. The van der Waals surface area contributed by atoms with Gasteiger partial charge in [0, 0.05) is 37.8 Å². The van der Waals surface area contributed by atoms with Crippen LogP contribution in [0.1, 0.15) is 49.7 Å². The Morgan fingerprint density at radius 3 is 2.17 bits per heavy atom. The van der Waals surface area contributed by atoms with E-state index in [1.807, 2.05) is 28.0 Å². The number of imide groups is 2. The van der Waals surface area contributed by atoms with Crippen LogP contribution in [0.2, 0.25) is 0 Å². The minimum Gasteiger partial charge on any atom is -0.378 e. The molecular weight excluding hydrogens is 602 g/mol. The number of hydrogen-bond donors (Lipinski definition) is 1. The van der Waals surface area contributed by atoms with Gasteiger partial charge in [-0.25, -0.2) is 9.69 Å². The minimum atomic E-state index is -1.71. The van der Waals surface area contributed by atoms with Crippen molar-refractivity contribution in [2.45, 2.75) is 56.4 Å². The topological polar surface area (TPSA) is 135 Å². The van der Waals surface area contributed by atoms with Gasteiger partial charge in [0.25, 0.3) is 11.6 Å². The Kier molecular flexibility index (Phi) is 6.50. The molecule has 4 aliphatic heterocycles. The largest absolute Gasteiger partial charge is 0.378 e. The van der Waals surface area contributed by atoms with Crippen molar-refractivity contribution in [3.05, 3.63) is 57.6 Å². The highest BCUT2D eigenvalue weighted by Crippen LogP contribution is 2.61. The van der Waals surface area contributed by atoms with Gasteiger partial charge in [-0.1, -0.05) is 12.1 Å². The van der Waals surface area contributed by atoms with Gasteiger partial charge in [0.05, 0.1) is 43.1 Å². The summed E-state index contributed by atoms with van der Waals surface area (Å²) in [6.07, 6.45) is 7.56. The molecule has 2 aromatic carbocycles. The number of nitrogens with one attached hydrogen (secondary N) is 1. The van der Waals surface area contributed by atoms with Crippen molar-refractivity contribution in [3.63, 3.8) is 0 Å². The molecule has 7 fully saturated rings. The lowest BCUT2D eigenvalue weighted by Gasteiger charge is -2.57. The van der Waals surface area contributed by atoms with Crippen molar-refractivity contribution in [2.75, 3.05) is 60.8 Å². The summed E-state index contributed by atoms with van der Waals surface area (Å²) in [5.74, 6) is 1.05. The second kappa shape index (κ2) is 10.5. The maximum atomic E-state index is 14.7. The number of anilines is 3. The van der Waals surface area contributed by atoms with Gasteiger partial charge in [-0.05, 0) is 91.0 Å². The zero-order chi connectivity index (χ0) is 32.1. The van der Waals surface area contributed by atoms with Gasteiger partial charge < -0.3 is 19.3 Å². The first kappa shape index (κ1) is 29.1. The summed E-state index contributed by atoms with van der Waals surface area (Å²) in [6, 6.07) is 9.70. The number of barbiturate groups is 1. The van der Waals surface area contributed by atoms with E-state index in [2.05, 4.69) is 17.4 Å². The molecule has 4 aliphatic carbocycles. The molecular formula is C35H39N5O7. The number of nitro groups is 1. The van der Waals surface area contributed by atoms with Crippen molar-refractivity contribution >= 4 is 40.6 Å². The van der Waals surface area contributed by atoms with Crippen molar-refractivity contribution in [2.24, 2.45) is 23.2 Å². The van der Waals surface area contributed by atoms with E-state index in [0.29, 0.717) is 56.4 Å². The molecule has 4 heterocycles. The average molecular weight is 642 g/mol. The third-order valence-electron chi connectivity index (χ3n) is 12.4. The van der Waals surface area contributed by atoms with E-state index in [9.17, 15) is 24.5 Å². The van der Waals surface area contributed by atoms with Crippen LogP contribution in [0, 0.1) is 33.3 Å². The normalized spacial score (nSPS) is 34.4. The van der Waals surface area contributed by atoms with Gasteiger partial charge >= 0.3 is 6.03 Å². The highest BCUT2D eigenvalue weighted by molar-refractivity contribution is 6.30. The molecule has 0 unspecified atom stereocenters. The summed E-state index contributed by atoms with van der Waals surface area (Å²) in [6.45, 7) is 2.87. The first-order valence-corrected chi connectivity index (χ1v) is 17.0. The summed E-state index contributed by atoms with van der Waals surface area (Å²) in [5, 5.41) is 14.8. The number of morpholine rings is 2. The Morgan fingerprint density at radius 2 is 1.51 bits per heavy atom. The minimum absolute atomic E-state index is 0.0793. The van der Waals surface area contributed by atoms with Crippen molar-refractivity contribution < 1.29 is 28.8 Å². The summed E-state index contributed by atoms with van der Waals surface area (Å²) >= 11 is 0. The number of nitrogens with zero attached hydrogens (tertiary/aromatic N) is 4. The zero-order valence-corrected chi connectivity index (χ0v) is 26.3. The molecule has 0 aromatic heterocycles. The molecule has 10 rings (SSSR count). The maximum Gasteiger partial charge on any atom is 0.335 e. The summed E-state index contributed by atoms with van der Waals surface area (Å²) in [7, 11) is 0. The third kappa shape index (κ3) is 4.29. The van der Waals surface area contributed by atoms with Gasteiger partial charge in [-0.2, -0.15) is 0 Å². The monoisotopic (exact) mass is 641 g/mol. The molecule has 1 spiro atoms. The van der Waals surface area contributed by atoms with E-state index in [-0.39, 0.29) is 24.1 Å². The fraction of sp³-hybridized carbons (Fsp3) is 0.571. The molecule has 0 radical (unpaired) electrons. The highest BCUT2D eigenvalue weighted by Gasteiger charge is 2.63. The second-order valence-electron chi connectivity index (χ2n) is 14.9. The molecule has 4 amide bonds. The van der Waals surface area contributed by atoms with E-state index in [0.717, 1.165) is 28.3 Å². The summed E-state index contributed by atoms with van der Waals surface area (Å²) < 4.78 is 11.4. The van der Waals surface area contributed by atoms with Crippen LogP contribution in [0.3, 0.4) is 0 Å². The maximum absolute atomic E-state index is 14.7. The Balaban J connectivity index is 1.09. The lowest BCUT2D eigenvalue weighted by Crippen LogP contribution is -2.74. The first-order valence-electron chi connectivity index (χ1n) is 17.0. The number of ether oxygens (including phenoxy) is 2. The van der Waals surface area contributed by atoms with E-state index in [1.54, 1.807) is 0 Å². The number of rotatable bonds is 4. The lowest BCUT2D eigenvalue weighted by atomic mass is 9.48. The number of benzene rings is 2. The fourth-order valence-corrected chi connectivity index (χ4v) is 10.7. The third-order valence-corrected chi connectivity index (χ3v) is 12.4. The lowest BCUT2D eigenvalue weighted by molar-refractivity contribution is -0.384. The molecule has 8 aliphatic rings. The number of carbonyl (C=O) groups excluding carboxylic acids is 3. The molecule has 12 nitrogen and oxygen atoms in total. The first-order chi connectivity index (χ1) is 22.8. The molecule has 3 saturated heterocycles. The van der Waals surface area contributed by atoms with E-state index in [4.69, 9.17) is 9.47 Å². The van der Waals surface area contributed by atoms with Crippen molar-refractivity contribution in [1.29, 1.82) is 0 Å². The Labute approximate surface area is 272 Å². The van der Waals surface area contributed by atoms with Gasteiger partial charge in [-0.15, -0.1) is 0 Å². The smallest absolute Gasteiger partial charge is 0.335 e. The van der Waals surface area contributed by atoms with Gasteiger partial charge in [0.1, 0.15) is 5.69 Å². The summed E-state index contributed by atoms with van der Waals surface area (Å²) in [4.78, 5) is 59.1. The van der Waals surface area contributed by atoms with Crippen LogP contribution < -0.4 is 20.0 Å². The SMILES string of the molecule is O=C1NC(=O)[C@@]2(Cc3cc([N+](=O)[O-])c(N4CCOCC4)cc3N3CCOC[C@@H]32)C(=O)N1c1ccc(C23CC4CC(CC(C4)C2)C3)cc1. The van der Waals surface area contributed by atoms with Crippen LogP contribution >= 0.6 is 0 Å². The van der Waals surface area contributed by atoms with Gasteiger partial charge in [0.2, 0.25) is 5.91 Å². The molecule has 47 heavy (non-hydrogen) atoms. The second-order valence-corrected chi connectivity index (χ2v) is 14.9. The van der Waals surface area contributed by atoms with E-state index in [1.165, 1.54) is 50.2 Å². The molecule has 2 atom stereocenters. The van der Waals surface area contributed by atoms with Gasteiger partial charge in [-0.3, -0.25) is 25.0 Å². The molecule has 4 bridgehead atoms. The van der Waals surface area contributed by atoms with Crippen LogP contribution in [0.5, 0.6) is 0 Å². The molecule has 12 heteroatoms. The fourth-order valence-electron chi connectivity index (χ4n) is 10.7. The van der Waals surface area contributed by atoms with Gasteiger partial charge in [0.15, 0.2) is 5.41 Å². The number of amides is 4. The standard InChI is InChI=1S/C35H39N5O7/c41-31-35(19-24-14-29(40(44)45)28(37-5-8-46-9-6-37)15-27(24)38-7-10-47-20-30(35)38)32(42)39(33(43)36-31)26-3-1-25(2-4-26)34-16-21-11-22(17-34)13-23(12-21)18-34/h1-4,14-15,21-23,30H,5-13,16-20H2,(H,36,41,43)/t21?,22?,23?,30-,34?,35+/m1/s1. The number of urea groups is 1. The number of carbonyl (C=O) groups is 3. The van der Waals surface area contributed by atoms with Crippen molar-refractivity contribution in [3.8, 4) is 0 Å². The zero-order valence-electron chi connectivity index (χ0n) is 26.3. The summed E-state index contributed by atoms with van der Waals surface area (Å²) in [5.41, 5.74) is 1.84. The predicted octanol–water partition coefficient (Wildman–Crippen LogP) is 3.93. The Morgan fingerprint density at radius 1 is 0.851 bits per heavy atom. The average Bonchev–Trinajstić information content (AvgIpc) is 3.07. The Bertz CT molecular complexity index is 1650. The van der Waals surface area contributed by atoms with Crippen LogP contribution in [0.25, 0.3) is 0 Å². The van der Waals surface area contributed by atoms with E-state index < -0.39 is 34.2 Å². The van der Waals surface area contributed by atoms with Crippen LogP contribution in [-0.4, -0.2) is 74.9 Å². The predicted molar refractivity (Wildman–Crippen MR) is 172 cm³/mol. The number of hydrogen-bond acceptors (Lipinski definition) is 9. The quantitative estimate of drug-likeness (QED) is 0.299. The van der Waals surface area contributed by atoms with Crippen LogP contribution in [0.15, 0.2) is 36.4 Å². The van der Waals surface area contributed by atoms with Crippen LogP contribution in [0.4, 0.5) is 27.5 Å². The molecule has 1 N–H and O–H groups in total. The number of fused-ring (bicyclic) bond motifs is 4. The highest BCUT2D eigenvalue weighted by atomic mass is 16.6. The van der Waals surface area contributed by atoms with Crippen LogP contribution in [-0.2, 0) is 30.9 Å². The van der Waals surface area contributed by atoms with E-state index >= 15 is 0 Å². The molecule has 2 aromatic rings.